The van der Waals surface area contributed by atoms with E-state index < -0.39 is 64.1 Å². The van der Waals surface area contributed by atoms with E-state index in [9.17, 15) is 25.2 Å². The third kappa shape index (κ3) is 4.41. The summed E-state index contributed by atoms with van der Waals surface area (Å²) in [4.78, 5) is 13.9. The van der Waals surface area contributed by atoms with Crippen molar-refractivity contribution in [2.24, 2.45) is 22.7 Å². The molecule has 1 saturated heterocycles. The molecule has 0 aromatic carbocycles. The second kappa shape index (κ2) is 10.7. The molecule has 0 spiro atoms. The Morgan fingerprint density at radius 3 is 2.16 bits per heavy atom. The minimum Gasteiger partial charge on any atom is -0.389 e. The van der Waals surface area contributed by atoms with Gasteiger partial charge in [-0.1, -0.05) is 20.8 Å². The molecule has 2 aliphatic carbocycles. The van der Waals surface area contributed by atoms with Crippen molar-refractivity contribution >= 4 is 15.2 Å². The van der Waals surface area contributed by atoms with Gasteiger partial charge in [-0.2, -0.15) is 0 Å². The summed E-state index contributed by atoms with van der Waals surface area (Å²) in [6.07, 6.45) is -3.28. The van der Waals surface area contributed by atoms with Crippen LogP contribution in [0.1, 0.15) is 54.9 Å². The zero-order valence-electron chi connectivity index (χ0n) is 20.1. The molecule has 7 nitrogen and oxygen atoms in total. The first-order valence-corrected chi connectivity index (χ1v) is 11.1. The van der Waals surface area contributed by atoms with Crippen molar-refractivity contribution < 1.29 is 123 Å². The van der Waals surface area contributed by atoms with Crippen LogP contribution < -0.4 is 0 Å². The molecular weight excluding hydrogens is 861 g/mol. The van der Waals surface area contributed by atoms with Crippen molar-refractivity contribution in [1.82, 2.24) is 0 Å². The van der Waals surface area contributed by atoms with Gasteiger partial charge in [0.15, 0.2) is 5.78 Å². The molecule has 0 aromatic heterocycles. The molecule has 3 aliphatic rings. The van der Waals surface area contributed by atoms with E-state index in [1.165, 1.54) is 0 Å². The molecule has 2 saturated carbocycles. The average molecular weight is 899 g/mol. The van der Waals surface area contributed by atoms with Crippen molar-refractivity contribution in [3.8, 4) is 0 Å². The zero-order valence-corrected chi connectivity index (χ0v) is 30.8. The Morgan fingerprint density at radius 2 is 1.75 bits per heavy atom. The summed E-state index contributed by atoms with van der Waals surface area (Å²) >= 11 is 0. The van der Waals surface area contributed by atoms with E-state index in [2.05, 4.69) is 9.47 Å². The Balaban J connectivity index is 0.00000256. The van der Waals surface area contributed by atoms with Crippen LogP contribution in [-0.4, -0.2) is 68.4 Å². The van der Waals surface area contributed by atoms with Crippen LogP contribution >= 0.6 is 9.47 Å². The summed E-state index contributed by atoms with van der Waals surface area (Å²) in [5.74, 6) is -1.72. The van der Waals surface area contributed by atoms with Crippen LogP contribution in [0, 0.1) is 111 Å². The third-order valence-electron chi connectivity index (χ3n) is 8.95. The summed E-state index contributed by atoms with van der Waals surface area (Å²) in [5, 5.41) is 45.1. The van der Waals surface area contributed by atoms with Crippen LogP contribution in [0.3, 0.4) is 0 Å². The number of hydrogen-bond donors (Lipinski definition) is 4. The predicted molar refractivity (Wildman–Crippen MR) is 114 cm³/mol. The molecule has 0 amide bonds. The molecule has 10 heteroatoms. The molecular formula is C22H37Ac2O7P. The van der Waals surface area contributed by atoms with Gasteiger partial charge in [0, 0.05) is 115 Å². The van der Waals surface area contributed by atoms with Gasteiger partial charge in [-0.3, -0.25) is 4.79 Å². The van der Waals surface area contributed by atoms with Gasteiger partial charge in [0.1, 0.15) is 11.7 Å². The summed E-state index contributed by atoms with van der Waals surface area (Å²) < 4.78 is 11.3. The van der Waals surface area contributed by atoms with E-state index in [0.717, 1.165) is 0 Å². The second-order valence-electron chi connectivity index (χ2n) is 10.5. The number of carbonyl (C=O) groups excluding carboxylic acids is 1. The standard InChI is InChI=1S/C22H37O7P.2Ac/c1-10(12(3)23)15-16(24)18(25)20(6)13(29-30)8-14-22(27,9-28-14)17(20)11(2)21(7,26)19(15,4)5;;/h11-14,16-17,23-24,26-27H,8-9,30H2,1-7H3;;/b15-10-;;/t11-,12?,13?,14?,16?,17?,20+,21?,22?;;/m0../s1. The van der Waals surface area contributed by atoms with Gasteiger partial charge in [0.25, 0.3) is 0 Å². The Morgan fingerprint density at radius 1 is 1.22 bits per heavy atom. The number of fused-ring (bicyclic) bond motifs is 3. The molecule has 10 atom stereocenters. The molecule has 0 aromatic rings. The van der Waals surface area contributed by atoms with Crippen molar-refractivity contribution in [3.05, 3.63) is 11.1 Å². The number of ketones is 1. The maximum Gasteiger partial charge on any atom is 0.174 e. The van der Waals surface area contributed by atoms with E-state index in [-0.39, 0.29) is 94.7 Å². The van der Waals surface area contributed by atoms with E-state index in [1.54, 1.807) is 41.5 Å². The topological polar surface area (TPSA) is 116 Å². The number of hydrogen-bond acceptors (Lipinski definition) is 7. The van der Waals surface area contributed by atoms with Gasteiger partial charge >= 0.3 is 0 Å². The van der Waals surface area contributed by atoms with Gasteiger partial charge in [-0.25, -0.2) is 0 Å². The van der Waals surface area contributed by atoms with Crippen LogP contribution in [0.4, 0.5) is 0 Å². The van der Waals surface area contributed by atoms with E-state index in [0.29, 0.717) is 17.6 Å². The molecule has 3 rings (SSSR count). The largest absolute Gasteiger partial charge is 0.389 e. The van der Waals surface area contributed by atoms with Crippen LogP contribution in [0.25, 0.3) is 0 Å². The fraction of sp³-hybridized carbons (Fsp3) is 0.864. The summed E-state index contributed by atoms with van der Waals surface area (Å²) in [5.41, 5.74) is -4.29. The first kappa shape index (κ1) is 32.5. The predicted octanol–water partition coefficient (Wildman–Crippen LogP) is 1.37. The maximum atomic E-state index is 13.9. The molecule has 32 heavy (non-hydrogen) atoms. The average Bonchev–Trinajstić information content (AvgIpc) is 2.64. The Kier molecular flexibility index (Phi) is 10.9. The molecule has 178 valence electrons. The smallest absolute Gasteiger partial charge is 0.174 e. The summed E-state index contributed by atoms with van der Waals surface area (Å²) in [7, 11) is 2.19. The molecule has 3 fully saturated rings. The summed E-state index contributed by atoms with van der Waals surface area (Å²) in [6.45, 7) is 12.1. The fourth-order valence-electron chi connectivity index (χ4n) is 6.42. The fourth-order valence-corrected chi connectivity index (χ4v) is 6.82. The van der Waals surface area contributed by atoms with Gasteiger partial charge in [-0.15, -0.1) is 0 Å². The van der Waals surface area contributed by atoms with Crippen molar-refractivity contribution in [1.29, 1.82) is 0 Å². The van der Waals surface area contributed by atoms with E-state index in [4.69, 9.17) is 9.26 Å². The first-order chi connectivity index (χ1) is 13.6. The number of carbonyl (C=O) groups is 1. The zero-order chi connectivity index (χ0) is 23.0. The quantitative estimate of drug-likeness (QED) is 0.245. The van der Waals surface area contributed by atoms with Crippen LogP contribution in [0.15, 0.2) is 11.1 Å². The first-order valence-electron chi connectivity index (χ1n) is 10.6. The minimum absolute atomic E-state index is 0. The Bertz CT molecular complexity index is 771. The molecule has 1 aliphatic heterocycles. The number of aliphatic hydroxyl groups is 4. The Hall–Kier alpha value is 2.48. The number of ether oxygens (including phenoxy) is 1. The minimum atomic E-state index is -1.55. The number of aliphatic hydroxyl groups excluding tert-OH is 2. The molecule has 4 N–H and O–H groups in total. The third-order valence-corrected chi connectivity index (χ3v) is 9.28. The maximum absolute atomic E-state index is 13.9. The summed E-state index contributed by atoms with van der Waals surface area (Å²) in [6, 6.07) is 0. The van der Waals surface area contributed by atoms with Gasteiger partial charge in [0.2, 0.25) is 0 Å². The molecule has 1 heterocycles. The van der Waals surface area contributed by atoms with Crippen LogP contribution in [0.5, 0.6) is 0 Å². The molecule has 8 unspecified atom stereocenters. The van der Waals surface area contributed by atoms with Crippen molar-refractivity contribution in [2.75, 3.05) is 6.61 Å². The van der Waals surface area contributed by atoms with Gasteiger partial charge in [0.05, 0.1) is 35.9 Å². The second-order valence-corrected chi connectivity index (χ2v) is 10.8. The monoisotopic (exact) mass is 898 g/mol. The normalized spacial score (nSPS) is 47.9. The van der Waals surface area contributed by atoms with Crippen molar-refractivity contribution in [3.63, 3.8) is 0 Å². The van der Waals surface area contributed by atoms with E-state index in [1.807, 2.05) is 6.92 Å². The van der Waals surface area contributed by atoms with Crippen molar-refractivity contribution in [2.45, 2.75) is 90.5 Å². The number of Topliss-reactive ketones (excluding diaryl/α,β-unsaturated/α-hetero) is 1. The molecule has 0 bridgehead atoms. The van der Waals surface area contributed by atoms with E-state index >= 15 is 0 Å². The van der Waals surface area contributed by atoms with Crippen LogP contribution in [-0.2, 0) is 14.1 Å². The Labute approximate surface area is 265 Å². The van der Waals surface area contributed by atoms with Crippen LogP contribution in [0.2, 0.25) is 0 Å². The SMILES string of the molecule is C/C(=C1\C(O)C(=O)[C@]2(C)C(OP)CC3OCC3(O)C2[C@H](C)C(C)(O)C1(C)C)C(C)O.[Ac].[Ac]. The molecule has 2 radical (unpaired) electrons. The van der Waals surface area contributed by atoms with Gasteiger partial charge < -0.3 is 29.7 Å². The number of rotatable bonds is 2. The van der Waals surface area contributed by atoms with Gasteiger partial charge in [-0.05, 0) is 44.8 Å².